The van der Waals surface area contributed by atoms with Gasteiger partial charge in [0.2, 0.25) is 0 Å². The van der Waals surface area contributed by atoms with Crippen LogP contribution >= 0.6 is 0 Å². The molecule has 0 heterocycles. The minimum atomic E-state index is -0.762. The van der Waals surface area contributed by atoms with Crippen LogP contribution in [0.2, 0.25) is 0 Å². The fraction of sp³-hybridized carbons (Fsp3) is 0.500. The summed E-state index contributed by atoms with van der Waals surface area (Å²) >= 11 is 0. The van der Waals surface area contributed by atoms with Crippen LogP contribution in [0.3, 0.4) is 0 Å². The van der Waals surface area contributed by atoms with Crippen LogP contribution in [-0.4, -0.2) is 28.1 Å². The second-order valence-corrected chi connectivity index (χ2v) is 5.03. The molecule has 0 saturated carbocycles. The van der Waals surface area contributed by atoms with Gasteiger partial charge >= 0.3 is 5.97 Å². The summed E-state index contributed by atoms with van der Waals surface area (Å²) < 4.78 is 0. The summed E-state index contributed by atoms with van der Waals surface area (Å²) in [5, 5.41) is 17.7. The largest absolute Gasteiger partial charge is 0.481 e. The van der Waals surface area contributed by atoms with E-state index < -0.39 is 12.1 Å². The monoisotopic (exact) mass is 278 g/mol. The first-order chi connectivity index (χ1) is 9.50. The lowest BCUT2D eigenvalue weighted by molar-refractivity contribution is -0.137. The second-order valence-electron chi connectivity index (χ2n) is 5.03. The maximum Gasteiger partial charge on any atom is 0.303 e. The summed E-state index contributed by atoms with van der Waals surface area (Å²) in [6, 6.07) is 0. The van der Waals surface area contributed by atoms with Gasteiger partial charge in [-0.05, 0) is 32.3 Å². The molecule has 4 nitrogen and oxygen atoms in total. The molecule has 4 heteroatoms. The molecule has 20 heavy (non-hydrogen) atoms. The van der Waals surface area contributed by atoms with Crippen molar-refractivity contribution in [2.75, 3.05) is 0 Å². The van der Waals surface area contributed by atoms with Crippen LogP contribution in [0.25, 0.3) is 0 Å². The highest BCUT2D eigenvalue weighted by Crippen LogP contribution is 2.24. The fourth-order valence-corrected chi connectivity index (χ4v) is 2.10. The number of unbranched alkanes of at least 4 members (excludes halogenated alkanes) is 3. The predicted molar refractivity (Wildman–Crippen MR) is 77.3 cm³/mol. The van der Waals surface area contributed by atoms with Gasteiger partial charge in [0.1, 0.15) is 0 Å². The van der Waals surface area contributed by atoms with Crippen molar-refractivity contribution in [3.63, 3.8) is 0 Å². The molecule has 110 valence electrons. The van der Waals surface area contributed by atoms with Crippen molar-refractivity contribution in [2.45, 2.75) is 45.1 Å². The van der Waals surface area contributed by atoms with Crippen molar-refractivity contribution in [1.29, 1.82) is 0 Å². The van der Waals surface area contributed by atoms with Crippen LogP contribution in [0.15, 0.2) is 36.0 Å². The summed E-state index contributed by atoms with van der Waals surface area (Å²) in [6.07, 6.45) is 11.7. The van der Waals surface area contributed by atoms with Gasteiger partial charge < -0.3 is 10.2 Å². The topological polar surface area (TPSA) is 74.6 Å². The molecule has 1 aliphatic rings. The molecule has 0 fully saturated rings. The predicted octanol–water partition coefficient (Wildman–Crippen LogP) is 2.64. The molecular weight excluding hydrogens is 256 g/mol. The van der Waals surface area contributed by atoms with E-state index >= 15 is 0 Å². The van der Waals surface area contributed by atoms with Gasteiger partial charge in [-0.1, -0.05) is 30.7 Å². The van der Waals surface area contributed by atoms with Crippen molar-refractivity contribution in [3.8, 4) is 0 Å². The first kappa shape index (κ1) is 16.4. The second kappa shape index (κ2) is 8.48. The highest BCUT2D eigenvalue weighted by molar-refractivity contribution is 6.07. The normalized spacial score (nSPS) is 22.0. The van der Waals surface area contributed by atoms with Crippen molar-refractivity contribution >= 4 is 11.8 Å². The first-order valence-electron chi connectivity index (χ1n) is 7.01. The molecule has 1 aliphatic carbocycles. The Hall–Kier alpha value is -1.68. The Kier molecular flexibility index (Phi) is 6.94. The average Bonchev–Trinajstić information content (AvgIpc) is 2.72. The molecule has 0 spiro atoms. The fourth-order valence-electron chi connectivity index (χ4n) is 2.10. The number of aliphatic hydroxyl groups excluding tert-OH is 1. The lowest BCUT2D eigenvalue weighted by Gasteiger charge is -2.06. The highest BCUT2D eigenvalue weighted by Gasteiger charge is 2.20. The van der Waals surface area contributed by atoms with Crippen molar-refractivity contribution in [1.82, 2.24) is 0 Å². The zero-order valence-corrected chi connectivity index (χ0v) is 11.8. The van der Waals surface area contributed by atoms with Gasteiger partial charge in [-0.15, -0.1) is 0 Å². The molecule has 2 atom stereocenters. The van der Waals surface area contributed by atoms with Gasteiger partial charge in [-0.25, -0.2) is 0 Å². The SMILES string of the molecule is CC(O)C=CC1C=CC(=O)C1=CCCCCCC(=O)O. The maximum atomic E-state index is 11.7. The van der Waals surface area contributed by atoms with Crippen molar-refractivity contribution < 1.29 is 19.8 Å². The van der Waals surface area contributed by atoms with E-state index in [2.05, 4.69) is 0 Å². The summed E-state index contributed by atoms with van der Waals surface area (Å²) in [5.41, 5.74) is 0.750. The van der Waals surface area contributed by atoms with Crippen LogP contribution in [0.1, 0.15) is 39.0 Å². The third kappa shape index (κ3) is 5.97. The number of carboxylic acids is 1. The molecule has 0 bridgehead atoms. The third-order valence-electron chi connectivity index (χ3n) is 3.15. The molecule has 0 saturated heterocycles. The summed E-state index contributed by atoms with van der Waals surface area (Å²) in [7, 11) is 0. The Balaban J connectivity index is 2.40. The smallest absolute Gasteiger partial charge is 0.303 e. The molecular formula is C16H22O4. The minimum Gasteiger partial charge on any atom is -0.481 e. The summed E-state index contributed by atoms with van der Waals surface area (Å²) in [6.45, 7) is 1.67. The maximum absolute atomic E-state index is 11.7. The summed E-state index contributed by atoms with van der Waals surface area (Å²) in [5.74, 6) is -0.784. The Morgan fingerprint density at radius 2 is 2.15 bits per heavy atom. The molecule has 0 aromatic carbocycles. The van der Waals surface area contributed by atoms with Crippen LogP contribution in [0.5, 0.6) is 0 Å². The van der Waals surface area contributed by atoms with Crippen LogP contribution < -0.4 is 0 Å². The number of allylic oxidation sites excluding steroid dienone is 5. The molecule has 2 unspecified atom stereocenters. The van der Waals surface area contributed by atoms with E-state index in [1.54, 1.807) is 19.1 Å². The van der Waals surface area contributed by atoms with E-state index in [1.807, 2.05) is 18.2 Å². The number of rotatable bonds is 8. The molecule has 1 rings (SSSR count). The third-order valence-corrected chi connectivity index (χ3v) is 3.15. The van der Waals surface area contributed by atoms with Crippen molar-refractivity contribution in [2.24, 2.45) is 5.92 Å². The van der Waals surface area contributed by atoms with Gasteiger partial charge in [0.25, 0.3) is 0 Å². The number of aliphatic carboxylic acids is 1. The Morgan fingerprint density at radius 1 is 1.40 bits per heavy atom. The average molecular weight is 278 g/mol. The van der Waals surface area contributed by atoms with Gasteiger partial charge in [0, 0.05) is 17.9 Å². The van der Waals surface area contributed by atoms with Crippen LogP contribution in [0.4, 0.5) is 0 Å². The zero-order valence-electron chi connectivity index (χ0n) is 11.8. The standard InChI is InChI=1S/C16H22O4/c1-12(17)8-9-13-10-11-15(18)14(13)6-4-2-3-5-7-16(19)20/h6,8-13,17H,2-5,7H2,1H3,(H,19,20). The number of hydrogen-bond acceptors (Lipinski definition) is 3. The zero-order chi connectivity index (χ0) is 15.0. The van der Waals surface area contributed by atoms with E-state index in [0.717, 1.165) is 24.8 Å². The van der Waals surface area contributed by atoms with E-state index in [9.17, 15) is 14.7 Å². The lowest BCUT2D eigenvalue weighted by Crippen LogP contribution is -2.02. The molecule has 0 aromatic rings. The van der Waals surface area contributed by atoms with E-state index in [0.29, 0.717) is 6.42 Å². The Labute approximate surface area is 119 Å². The quantitative estimate of drug-likeness (QED) is 0.406. The van der Waals surface area contributed by atoms with Gasteiger partial charge in [-0.2, -0.15) is 0 Å². The van der Waals surface area contributed by atoms with Gasteiger partial charge in [0.05, 0.1) is 6.10 Å². The summed E-state index contributed by atoms with van der Waals surface area (Å²) in [4.78, 5) is 22.1. The number of carbonyl (C=O) groups is 2. The lowest BCUT2D eigenvalue weighted by atomic mass is 9.99. The minimum absolute atomic E-state index is 0.0239. The number of hydrogen-bond donors (Lipinski definition) is 2. The van der Waals surface area contributed by atoms with E-state index in [4.69, 9.17) is 5.11 Å². The van der Waals surface area contributed by atoms with E-state index in [-0.39, 0.29) is 18.1 Å². The number of aliphatic hydroxyl groups is 1. The molecule has 2 N–H and O–H groups in total. The molecule has 0 amide bonds. The number of carbonyl (C=O) groups excluding carboxylic acids is 1. The molecule has 0 aliphatic heterocycles. The Bertz CT molecular complexity index is 430. The first-order valence-corrected chi connectivity index (χ1v) is 7.01. The highest BCUT2D eigenvalue weighted by atomic mass is 16.4. The van der Waals surface area contributed by atoms with Crippen LogP contribution in [-0.2, 0) is 9.59 Å². The molecule has 0 radical (unpaired) electrons. The molecule has 0 aromatic heterocycles. The van der Waals surface area contributed by atoms with Gasteiger partial charge in [0.15, 0.2) is 5.78 Å². The number of ketones is 1. The Morgan fingerprint density at radius 3 is 2.80 bits per heavy atom. The van der Waals surface area contributed by atoms with Gasteiger partial charge in [-0.3, -0.25) is 9.59 Å². The van der Waals surface area contributed by atoms with E-state index in [1.165, 1.54) is 0 Å². The van der Waals surface area contributed by atoms with Crippen molar-refractivity contribution in [3.05, 3.63) is 36.0 Å². The van der Waals surface area contributed by atoms with Crippen LogP contribution in [0, 0.1) is 5.92 Å². The number of carboxylic acid groups (broad SMARTS) is 1.